The van der Waals surface area contributed by atoms with E-state index in [2.05, 4.69) is 5.32 Å². The molecule has 2 rings (SSSR count). The van der Waals surface area contributed by atoms with Crippen LogP contribution in [0, 0.1) is 0 Å². The molecule has 2 atom stereocenters. The van der Waals surface area contributed by atoms with E-state index in [1.165, 1.54) is 0 Å². The van der Waals surface area contributed by atoms with E-state index in [0.29, 0.717) is 18.8 Å². The zero-order valence-electron chi connectivity index (χ0n) is 6.82. The summed E-state index contributed by atoms with van der Waals surface area (Å²) in [5, 5.41) is 3.27. The summed E-state index contributed by atoms with van der Waals surface area (Å²) in [5.41, 5.74) is 0. The monoisotopic (exact) mass is 191 g/mol. The molecule has 4 nitrogen and oxygen atoms in total. The predicted molar refractivity (Wildman–Crippen MR) is 44.8 cm³/mol. The zero-order valence-corrected chi connectivity index (χ0v) is 7.64. The van der Waals surface area contributed by atoms with Gasteiger partial charge in [0.2, 0.25) is 0 Å². The fourth-order valence-electron chi connectivity index (χ4n) is 1.79. The number of hydrogen-bond acceptors (Lipinski definition) is 4. The average Bonchev–Trinajstić information content (AvgIpc) is 2.02. The fraction of sp³-hybridized carbons (Fsp3) is 1.00. The van der Waals surface area contributed by atoms with Crippen molar-refractivity contribution in [3.05, 3.63) is 0 Å². The third-order valence-electron chi connectivity index (χ3n) is 2.45. The van der Waals surface area contributed by atoms with Crippen molar-refractivity contribution in [1.82, 2.24) is 5.32 Å². The summed E-state index contributed by atoms with van der Waals surface area (Å²) in [4.78, 5) is 0. The summed E-state index contributed by atoms with van der Waals surface area (Å²) in [5.74, 6) is 0.509. The Bertz CT molecular complexity index is 262. The lowest BCUT2D eigenvalue weighted by Crippen LogP contribution is -2.54. The molecule has 0 aromatic carbocycles. The molecular weight excluding hydrogens is 178 g/mol. The quantitative estimate of drug-likeness (QED) is 0.542. The first-order chi connectivity index (χ1) is 5.67. The molecule has 0 bridgehead atoms. The minimum absolute atomic E-state index is 0.0995. The maximum Gasteiger partial charge on any atom is 0.152 e. The van der Waals surface area contributed by atoms with Gasteiger partial charge in [-0.1, -0.05) is 0 Å². The normalized spacial score (nSPS) is 40.3. The number of rotatable bonds is 0. The molecule has 12 heavy (non-hydrogen) atoms. The van der Waals surface area contributed by atoms with Crippen molar-refractivity contribution in [3.8, 4) is 0 Å². The Labute approximate surface area is 72.2 Å². The van der Waals surface area contributed by atoms with Crippen LogP contribution >= 0.6 is 0 Å². The van der Waals surface area contributed by atoms with Crippen molar-refractivity contribution in [2.24, 2.45) is 0 Å². The molecule has 0 unspecified atom stereocenters. The van der Waals surface area contributed by atoms with E-state index in [4.69, 9.17) is 4.74 Å². The van der Waals surface area contributed by atoms with Gasteiger partial charge in [0.15, 0.2) is 9.84 Å². The van der Waals surface area contributed by atoms with Crippen LogP contribution in [0.5, 0.6) is 0 Å². The molecule has 2 fully saturated rings. The first-order valence-electron chi connectivity index (χ1n) is 4.23. The lowest BCUT2D eigenvalue weighted by atomic mass is 10.1. The number of morpholine rings is 1. The van der Waals surface area contributed by atoms with E-state index < -0.39 is 9.84 Å². The third-order valence-corrected chi connectivity index (χ3v) is 4.14. The molecule has 70 valence electrons. The lowest BCUT2D eigenvalue weighted by Gasteiger charge is -2.35. The van der Waals surface area contributed by atoms with E-state index >= 15 is 0 Å². The minimum Gasteiger partial charge on any atom is -0.374 e. The van der Waals surface area contributed by atoms with Gasteiger partial charge in [-0.25, -0.2) is 8.42 Å². The van der Waals surface area contributed by atoms with Gasteiger partial charge in [-0.3, -0.25) is 0 Å². The number of nitrogens with one attached hydrogen (secondary N) is 1. The zero-order chi connectivity index (χ0) is 8.60. The minimum atomic E-state index is -2.82. The summed E-state index contributed by atoms with van der Waals surface area (Å²) in [6.07, 6.45) is 0.602. The molecule has 0 saturated carbocycles. The van der Waals surface area contributed by atoms with Crippen LogP contribution in [0.1, 0.15) is 6.42 Å². The van der Waals surface area contributed by atoms with Crippen LogP contribution in [-0.2, 0) is 14.6 Å². The van der Waals surface area contributed by atoms with Crippen LogP contribution in [0.4, 0.5) is 0 Å². The maximum atomic E-state index is 11.2. The Morgan fingerprint density at radius 3 is 3.08 bits per heavy atom. The van der Waals surface area contributed by atoms with Crippen molar-refractivity contribution >= 4 is 9.84 Å². The fourth-order valence-corrected chi connectivity index (χ4v) is 3.40. The molecule has 2 aliphatic rings. The highest BCUT2D eigenvalue weighted by atomic mass is 32.2. The summed E-state index contributed by atoms with van der Waals surface area (Å²) < 4.78 is 27.8. The maximum absolute atomic E-state index is 11.2. The summed E-state index contributed by atoms with van der Waals surface area (Å²) >= 11 is 0. The van der Waals surface area contributed by atoms with Crippen molar-refractivity contribution in [2.75, 3.05) is 24.7 Å². The Morgan fingerprint density at radius 2 is 2.25 bits per heavy atom. The first-order valence-corrected chi connectivity index (χ1v) is 6.05. The predicted octanol–water partition coefficient (Wildman–Crippen LogP) is -0.838. The Hall–Kier alpha value is -0.130. The molecule has 0 amide bonds. The lowest BCUT2D eigenvalue weighted by molar-refractivity contribution is 0.00670. The highest BCUT2D eigenvalue weighted by Crippen LogP contribution is 2.17. The van der Waals surface area contributed by atoms with Crippen LogP contribution < -0.4 is 5.32 Å². The Morgan fingerprint density at radius 1 is 1.42 bits per heavy atom. The van der Waals surface area contributed by atoms with Gasteiger partial charge in [0.1, 0.15) is 0 Å². The molecule has 2 heterocycles. The molecule has 2 aliphatic heterocycles. The molecule has 0 aromatic heterocycles. The highest BCUT2D eigenvalue weighted by molar-refractivity contribution is 7.91. The van der Waals surface area contributed by atoms with Crippen LogP contribution in [0.2, 0.25) is 0 Å². The molecule has 0 aromatic rings. The van der Waals surface area contributed by atoms with Gasteiger partial charge in [0, 0.05) is 12.6 Å². The second-order valence-corrected chi connectivity index (χ2v) is 5.60. The van der Waals surface area contributed by atoms with Crippen LogP contribution in [0.25, 0.3) is 0 Å². The van der Waals surface area contributed by atoms with Gasteiger partial charge in [-0.05, 0) is 6.42 Å². The van der Waals surface area contributed by atoms with Gasteiger partial charge >= 0.3 is 0 Å². The highest BCUT2D eigenvalue weighted by Gasteiger charge is 2.35. The van der Waals surface area contributed by atoms with Gasteiger partial charge in [0.25, 0.3) is 0 Å². The van der Waals surface area contributed by atoms with E-state index in [9.17, 15) is 8.42 Å². The number of sulfone groups is 1. The standard InChI is InChI=1S/C7H13NO3S/c9-12(10)4-1-6-7(5-12)11-3-2-8-6/h6-8H,1-5H2/t6-,7+/m0/s1. The molecular formula is C7H13NO3S. The van der Waals surface area contributed by atoms with Gasteiger partial charge in [-0.15, -0.1) is 0 Å². The first kappa shape index (κ1) is 8.47. The second-order valence-electron chi connectivity index (χ2n) is 3.37. The largest absolute Gasteiger partial charge is 0.374 e. The molecule has 1 N–H and O–H groups in total. The number of ether oxygens (including phenoxy) is 1. The smallest absolute Gasteiger partial charge is 0.152 e. The summed E-state index contributed by atoms with van der Waals surface area (Å²) in [7, 11) is -2.82. The average molecular weight is 191 g/mol. The molecule has 0 radical (unpaired) electrons. The topological polar surface area (TPSA) is 55.4 Å². The second kappa shape index (κ2) is 2.97. The van der Waals surface area contributed by atoms with E-state index in [1.807, 2.05) is 0 Å². The Balaban J connectivity index is 2.08. The van der Waals surface area contributed by atoms with Gasteiger partial charge in [0.05, 0.1) is 24.2 Å². The molecule has 0 aliphatic carbocycles. The number of hydrogen-bond donors (Lipinski definition) is 1. The van der Waals surface area contributed by atoms with Crippen LogP contribution in [-0.4, -0.2) is 45.2 Å². The molecule has 5 heteroatoms. The third kappa shape index (κ3) is 1.62. The van der Waals surface area contributed by atoms with Crippen molar-refractivity contribution in [1.29, 1.82) is 0 Å². The van der Waals surface area contributed by atoms with E-state index in [0.717, 1.165) is 6.54 Å². The molecule has 2 saturated heterocycles. The van der Waals surface area contributed by atoms with Crippen LogP contribution in [0.15, 0.2) is 0 Å². The van der Waals surface area contributed by atoms with E-state index in [-0.39, 0.29) is 17.9 Å². The SMILES string of the molecule is O=S1(=O)CC[C@@H]2NCCO[C@@H]2C1. The summed E-state index contributed by atoms with van der Waals surface area (Å²) in [6.45, 7) is 1.48. The summed E-state index contributed by atoms with van der Waals surface area (Å²) in [6, 6.07) is 0.266. The van der Waals surface area contributed by atoms with Crippen LogP contribution in [0.3, 0.4) is 0 Å². The Kier molecular flexibility index (Phi) is 2.10. The van der Waals surface area contributed by atoms with Crippen molar-refractivity contribution in [3.63, 3.8) is 0 Å². The van der Waals surface area contributed by atoms with E-state index in [1.54, 1.807) is 0 Å². The van der Waals surface area contributed by atoms with Gasteiger partial charge in [-0.2, -0.15) is 0 Å². The van der Waals surface area contributed by atoms with Crippen molar-refractivity contribution < 1.29 is 13.2 Å². The molecule has 0 spiro atoms. The number of fused-ring (bicyclic) bond motifs is 1. The van der Waals surface area contributed by atoms with Crippen molar-refractivity contribution in [2.45, 2.75) is 18.6 Å². The van der Waals surface area contributed by atoms with Gasteiger partial charge < -0.3 is 10.1 Å².